The highest BCUT2D eigenvalue weighted by atomic mass is 16.1. The SMILES string of the molecule is CCn1ncc2c(N[C@H]3C[C@H]4CC[C@@H]3C4)c(C(=O)NCc3ccccc3)cnc21. The third-order valence-electron chi connectivity index (χ3n) is 6.57. The largest absolute Gasteiger partial charge is 0.381 e. The Kier molecular flexibility index (Phi) is 4.70. The third-order valence-corrected chi connectivity index (χ3v) is 6.57. The number of aromatic nitrogens is 3. The normalized spacial score (nSPS) is 22.9. The van der Waals surface area contributed by atoms with Crippen LogP contribution in [0.25, 0.3) is 11.0 Å². The molecule has 2 aliphatic carbocycles. The lowest BCUT2D eigenvalue weighted by Crippen LogP contribution is -2.29. The standard InChI is InChI=1S/C23H27N5O/c1-2-28-22-18(14-26-28)21(27-20-11-16-8-9-17(20)10-16)19(13-24-22)23(29)25-12-15-6-4-3-5-7-15/h3-7,13-14,16-17,20H,2,8-12H2,1H3,(H,24,27)(H,25,29)/t16-,17+,20-/m0/s1. The lowest BCUT2D eigenvalue weighted by atomic mass is 9.94. The molecule has 2 saturated carbocycles. The van der Waals surface area contributed by atoms with Gasteiger partial charge in [-0.25, -0.2) is 9.67 Å². The number of aryl methyl sites for hydroxylation is 1. The van der Waals surface area contributed by atoms with Gasteiger partial charge in [-0.15, -0.1) is 0 Å². The quantitative estimate of drug-likeness (QED) is 0.669. The first-order valence-electron chi connectivity index (χ1n) is 10.7. The fourth-order valence-electron chi connectivity index (χ4n) is 5.07. The first kappa shape index (κ1) is 18.2. The summed E-state index contributed by atoms with van der Waals surface area (Å²) < 4.78 is 1.88. The molecule has 1 aromatic carbocycles. The fourth-order valence-corrected chi connectivity index (χ4v) is 5.07. The zero-order chi connectivity index (χ0) is 19.8. The van der Waals surface area contributed by atoms with Crippen LogP contribution in [0.2, 0.25) is 0 Å². The first-order chi connectivity index (χ1) is 14.2. The number of nitrogens with one attached hydrogen (secondary N) is 2. The minimum Gasteiger partial charge on any atom is -0.381 e. The molecular weight excluding hydrogens is 362 g/mol. The molecular formula is C23H27N5O. The van der Waals surface area contributed by atoms with Crippen LogP contribution in [0, 0.1) is 11.8 Å². The van der Waals surface area contributed by atoms with E-state index in [0.717, 1.165) is 34.7 Å². The molecule has 3 aromatic rings. The molecule has 0 unspecified atom stereocenters. The third kappa shape index (κ3) is 3.37. The summed E-state index contributed by atoms with van der Waals surface area (Å²) >= 11 is 0. The Bertz CT molecular complexity index is 1030. The zero-order valence-corrected chi connectivity index (χ0v) is 16.8. The number of carbonyl (C=O) groups excluding carboxylic acids is 1. The minimum absolute atomic E-state index is 0.0989. The van der Waals surface area contributed by atoms with Crippen molar-refractivity contribution in [3.8, 4) is 0 Å². The van der Waals surface area contributed by atoms with Crippen LogP contribution in [0.5, 0.6) is 0 Å². The summed E-state index contributed by atoms with van der Waals surface area (Å²) in [5.74, 6) is 1.45. The molecule has 29 heavy (non-hydrogen) atoms. The summed E-state index contributed by atoms with van der Waals surface area (Å²) in [5.41, 5.74) is 3.40. The van der Waals surface area contributed by atoms with E-state index in [1.54, 1.807) is 6.20 Å². The van der Waals surface area contributed by atoms with Crippen molar-refractivity contribution in [1.82, 2.24) is 20.1 Å². The zero-order valence-electron chi connectivity index (χ0n) is 16.8. The highest BCUT2D eigenvalue weighted by Crippen LogP contribution is 2.46. The van der Waals surface area contributed by atoms with Gasteiger partial charge in [-0.05, 0) is 43.6 Å². The van der Waals surface area contributed by atoms with Gasteiger partial charge in [0.05, 0.1) is 22.8 Å². The van der Waals surface area contributed by atoms with Crippen LogP contribution in [-0.2, 0) is 13.1 Å². The summed E-state index contributed by atoms with van der Waals surface area (Å²) in [7, 11) is 0. The molecule has 0 aliphatic heterocycles. The second kappa shape index (κ2) is 7.50. The molecule has 6 nitrogen and oxygen atoms in total. The summed E-state index contributed by atoms with van der Waals surface area (Å²) in [5, 5.41) is 12.2. The Morgan fingerprint density at radius 1 is 1.17 bits per heavy atom. The molecule has 2 N–H and O–H groups in total. The number of anilines is 1. The molecule has 5 rings (SSSR count). The average molecular weight is 390 g/mol. The van der Waals surface area contributed by atoms with Gasteiger partial charge >= 0.3 is 0 Å². The molecule has 0 spiro atoms. The molecule has 150 valence electrons. The molecule has 2 fully saturated rings. The van der Waals surface area contributed by atoms with E-state index in [1.165, 1.54) is 25.7 Å². The number of carbonyl (C=O) groups is 1. The van der Waals surface area contributed by atoms with E-state index < -0.39 is 0 Å². The number of amides is 1. The highest BCUT2D eigenvalue weighted by molar-refractivity contribution is 6.06. The van der Waals surface area contributed by atoms with Gasteiger partial charge in [0.15, 0.2) is 5.65 Å². The van der Waals surface area contributed by atoms with Gasteiger partial charge in [0.1, 0.15) is 0 Å². The molecule has 3 atom stereocenters. The molecule has 0 radical (unpaired) electrons. The average Bonchev–Trinajstić information content (AvgIpc) is 3.48. The Morgan fingerprint density at radius 2 is 2.03 bits per heavy atom. The van der Waals surface area contributed by atoms with E-state index in [4.69, 9.17) is 0 Å². The van der Waals surface area contributed by atoms with Crippen molar-refractivity contribution in [2.45, 2.75) is 51.7 Å². The van der Waals surface area contributed by atoms with Crippen LogP contribution in [0.1, 0.15) is 48.5 Å². The molecule has 0 saturated heterocycles. The second-order valence-corrected chi connectivity index (χ2v) is 8.34. The molecule has 2 aliphatic rings. The lowest BCUT2D eigenvalue weighted by Gasteiger charge is -2.25. The van der Waals surface area contributed by atoms with Crippen molar-refractivity contribution < 1.29 is 4.79 Å². The van der Waals surface area contributed by atoms with Gasteiger partial charge in [-0.1, -0.05) is 36.8 Å². The van der Waals surface area contributed by atoms with Crippen molar-refractivity contribution >= 4 is 22.6 Å². The van der Waals surface area contributed by atoms with E-state index in [1.807, 2.05) is 41.2 Å². The second-order valence-electron chi connectivity index (χ2n) is 8.34. The number of rotatable bonds is 6. The van der Waals surface area contributed by atoms with Gasteiger partial charge in [0, 0.05) is 25.3 Å². The lowest BCUT2D eigenvalue weighted by molar-refractivity contribution is 0.0951. The van der Waals surface area contributed by atoms with E-state index in [9.17, 15) is 4.79 Å². The summed E-state index contributed by atoms with van der Waals surface area (Å²) in [6.45, 7) is 3.31. The Labute approximate surface area is 170 Å². The minimum atomic E-state index is -0.0989. The summed E-state index contributed by atoms with van der Waals surface area (Å²) in [6, 6.07) is 10.4. The summed E-state index contributed by atoms with van der Waals surface area (Å²) in [6.07, 6.45) is 8.70. The smallest absolute Gasteiger partial charge is 0.255 e. The van der Waals surface area contributed by atoms with Gasteiger partial charge in [0.25, 0.3) is 5.91 Å². The number of hydrogen-bond acceptors (Lipinski definition) is 4. The van der Waals surface area contributed by atoms with Gasteiger partial charge < -0.3 is 10.6 Å². The van der Waals surface area contributed by atoms with E-state index >= 15 is 0 Å². The number of pyridine rings is 1. The van der Waals surface area contributed by atoms with E-state index in [0.29, 0.717) is 24.1 Å². The van der Waals surface area contributed by atoms with Gasteiger partial charge in [-0.2, -0.15) is 5.10 Å². The number of benzene rings is 1. The molecule has 1 amide bonds. The fraction of sp³-hybridized carbons (Fsp3) is 0.435. The number of fused-ring (bicyclic) bond motifs is 3. The topological polar surface area (TPSA) is 71.8 Å². The first-order valence-corrected chi connectivity index (χ1v) is 10.7. The monoisotopic (exact) mass is 389 g/mol. The van der Waals surface area contributed by atoms with Crippen LogP contribution in [0.3, 0.4) is 0 Å². The van der Waals surface area contributed by atoms with Crippen molar-refractivity contribution in [3.63, 3.8) is 0 Å². The van der Waals surface area contributed by atoms with Crippen molar-refractivity contribution in [2.75, 3.05) is 5.32 Å². The van der Waals surface area contributed by atoms with Crippen LogP contribution in [-0.4, -0.2) is 26.7 Å². The summed E-state index contributed by atoms with van der Waals surface area (Å²) in [4.78, 5) is 17.6. The van der Waals surface area contributed by atoms with Crippen LogP contribution >= 0.6 is 0 Å². The maximum absolute atomic E-state index is 13.1. The van der Waals surface area contributed by atoms with Crippen LogP contribution < -0.4 is 10.6 Å². The molecule has 2 heterocycles. The molecule has 2 aromatic heterocycles. The Balaban J connectivity index is 1.46. The van der Waals surface area contributed by atoms with E-state index in [-0.39, 0.29) is 5.91 Å². The van der Waals surface area contributed by atoms with Crippen LogP contribution in [0.15, 0.2) is 42.7 Å². The van der Waals surface area contributed by atoms with Crippen molar-refractivity contribution in [3.05, 3.63) is 53.9 Å². The number of nitrogens with zero attached hydrogens (tertiary/aromatic N) is 3. The number of hydrogen-bond donors (Lipinski definition) is 2. The Hall–Kier alpha value is -2.89. The molecule has 2 bridgehead atoms. The highest BCUT2D eigenvalue weighted by Gasteiger charge is 2.40. The Morgan fingerprint density at radius 3 is 2.76 bits per heavy atom. The molecule has 6 heteroatoms. The van der Waals surface area contributed by atoms with Crippen molar-refractivity contribution in [1.29, 1.82) is 0 Å². The van der Waals surface area contributed by atoms with Crippen molar-refractivity contribution in [2.24, 2.45) is 11.8 Å². The maximum Gasteiger partial charge on any atom is 0.255 e. The predicted octanol–water partition coefficient (Wildman–Crippen LogP) is 3.98. The van der Waals surface area contributed by atoms with Gasteiger partial charge in [0.2, 0.25) is 0 Å². The van der Waals surface area contributed by atoms with Crippen LogP contribution in [0.4, 0.5) is 5.69 Å². The van der Waals surface area contributed by atoms with E-state index in [2.05, 4.69) is 27.6 Å². The van der Waals surface area contributed by atoms with Gasteiger partial charge in [-0.3, -0.25) is 4.79 Å². The maximum atomic E-state index is 13.1. The predicted molar refractivity (Wildman–Crippen MR) is 114 cm³/mol.